The molecule has 1 aliphatic rings. The third-order valence-electron chi connectivity index (χ3n) is 4.08. The van der Waals surface area contributed by atoms with Gasteiger partial charge < -0.3 is 10.2 Å². The minimum Gasteiger partial charge on any atom is -0.373 e. The second-order valence-corrected chi connectivity index (χ2v) is 5.61. The average molecular weight is 278 g/mol. The number of anilines is 2. The highest BCUT2D eigenvalue weighted by Gasteiger charge is 2.24. The monoisotopic (exact) mass is 278 g/mol. The Bertz CT molecular complexity index is 492. The molecule has 0 amide bonds. The van der Waals surface area contributed by atoms with Crippen LogP contribution in [0.5, 0.6) is 0 Å². The summed E-state index contributed by atoms with van der Waals surface area (Å²) in [7, 11) is 3.70. The van der Waals surface area contributed by atoms with Crippen LogP contribution in [-0.4, -0.2) is 30.0 Å². The number of aromatic nitrogens is 1. The first kappa shape index (κ1) is 14.6. The van der Waals surface area contributed by atoms with Crippen LogP contribution in [0.3, 0.4) is 0 Å². The summed E-state index contributed by atoms with van der Waals surface area (Å²) < 4.78 is 0. The lowest BCUT2D eigenvalue weighted by Gasteiger charge is -2.34. The summed E-state index contributed by atoms with van der Waals surface area (Å²) in [5.41, 5.74) is 0.0788. The van der Waals surface area contributed by atoms with E-state index in [0.717, 1.165) is 12.8 Å². The number of rotatable bonds is 4. The largest absolute Gasteiger partial charge is 0.373 e. The number of hydrogen-bond acceptors (Lipinski definition) is 5. The van der Waals surface area contributed by atoms with Gasteiger partial charge in [0.25, 0.3) is 5.69 Å². The van der Waals surface area contributed by atoms with Crippen molar-refractivity contribution < 1.29 is 4.92 Å². The van der Waals surface area contributed by atoms with Gasteiger partial charge in [0.1, 0.15) is 11.6 Å². The van der Waals surface area contributed by atoms with Crippen LogP contribution >= 0.6 is 0 Å². The van der Waals surface area contributed by atoms with Crippen molar-refractivity contribution in [2.45, 2.75) is 38.6 Å². The van der Waals surface area contributed by atoms with Gasteiger partial charge in [-0.1, -0.05) is 19.8 Å². The van der Waals surface area contributed by atoms with Crippen molar-refractivity contribution in [2.75, 3.05) is 24.3 Å². The quantitative estimate of drug-likeness (QED) is 0.677. The number of nitrogens with zero attached hydrogens (tertiary/aromatic N) is 3. The highest BCUT2D eigenvalue weighted by molar-refractivity contribution is 5.55. The van der Waals surface area contributed by atoms with Gasteiger partial charge in [-0.2, -0.15) is 0 Å². The van der Waals surface area contributed by atoms with E-state index in [1.165, 1.54) is 18.9 Å². The maximum Gasteiger partial charge on any atom is 0.276 e. The van der Waals surface area contributed by atoms with Crippen LogP contribution in [-0.2, 0) is 0 Å². The third kappa shape index (κ3) is 3.18. The summed E-state index contributed by atoms with van der Waals surface area (Å²) in [5, 5.41) is 13.9. The fourth-order valence-corrected chi connectivity index (χ4v) is 2.86. The molecule has 1 aliphatic carbocycles. The van der Waals surface area contributed by atoms with Gasteiger partial charge in [-0.15, -0.1) is 0 Å². The van der Waals surface area contributed by atoms with Gasteiger partial charge in [-0.3, -0.25) is 10.1 Å². The smallest absolute Gasteiger partial charge is 0.276 e. The first-order valence-electron chi connectivity index (χ1n) is 7.08. The first-order chi connectivity index (χ1) is 9.51. The molecule has 1 fully saturated rings. The van der Waals surface area contributed by atoms with Gasteiger partial charge >= 0.3 is 0 Å². The topological polar surface area (TPSA) is 71.3 Å². The first-order valence-corrected chi connectivity index (χ1v) is 7.08. The maximum atomic E-state index is 11.0. The minimum absolute atomic E-state index is 0.0788. The maximum absolute atomic E-state index is 11.0. The van der Waals surface area contributed by atoms with Crippen LogP contribution in [0.4, 0.5) is 17.3 Å². The molecule has 1 aromatic heterocycles. The van der Waals surface area contributed by atoms with Crippen LogP contribution in [0.15, 0.2) is 12.1 Å². The molecule has 2 atom stereocenters. The minimum atomic E-state index is -0.372. The van der Waals surface area contributed by atoms with Crippen LogP contribution in [0.2, 0.25) is 0 Å². The van der Waals surface area contributed by atoms with Gasteiger partial charge in [0, 0.05) is 20.1 Å². The number of nitro groups is 1. The van der Waals surface area contributed by atoms with E-state index in [0.29, 0.717) is 23.6 Å². The predicted molar refractivity (Wildman–Crippen MR) is 80.3 cm³/mol. The van der Waals surface area contributed by atoms with E-state index in [1.807, 2.05) is 7.05 Å². The molecule has 6 heteroatoms. The number of hydrogen-bond donors (Lipinski definition) is 1. The van der Waals surface area contributed by atoms with Gasteiger partial charge in [0.2, 0.25) is 0 Å². The van der Waals surface area contributed by atoms with Crippen LogP contribution < -0.4 is 10.2 Å². The number of nitrogens with one attached hydrogen (secondary N) is 1. The molecule has 2 rings (SSSR count). The lowest BCUT2D eigenvalue weighted by atomic mass is 9.86. The predicted octanol–water partition coefficient (Wildman–Crippen LogP) is 3.05. The van der Waals surface area contributed by atoms with Gasteiger partial charge in [-0.25, -0.2) is 4.98 Å². The summed E-state index contributed by atoms with van der Waals surface area (Å²) in [6.07, 6.45) is 4.73. The van der Waals surface area contributed by atoms with Crippen LogP contribution in [0.1, 0.15) is 32.6 Å². The Morgan fingerprint density at radius 3 is 2.80 bits per heavy atom. The molecule has 2 unspecified atom stereocenters. The summed E-state index contributed by atoms with van der Waals surface area (Å²) in [5.74, 6) is 1.91. The zero-order valence-electron chi connectivity index (χ0n) is 12.3. The molecule has 1 saturated carbocycles. The second kappa shape index (κ2) is 6.07. The fraction of sp³-hybridized carbons (Fsp3) is 0.643. The molecule has 110 valence electrons. The van der Waals surface area contributed by atoms with E-state index in [1.54, 1.807) is 13.1 Å². The van der Waals surface area contributed by atoms with Crippen molar-refractivity contribution >= 4 is 17.3 Å². The van der Waals surface area contributed by atoms with Crippen molar-refractivity contribution in [3.63, 3.8) is 0 Å². The molecule has 1 N–H and O–H groups in total. The molecule has 1 aromatic rings. The molecule has 1 heterocycles. The van der Waals surface area contributed by atoms with E-state index in [9.17, 15) is 10.1 Å². The lowest BCUT2D eigenvalue weighted by molar-refractivity contribution is -0.384. The normalized spacial score (nSPS) is 22.4. The van der Waals surface area contributed by atoms with E-state index >= 15 is 0 Å². The Morgan fingerprint density at radius 2 is 2.20 bits per heavy atom. The zero-order chi connectivity index (χ0) is 14.7. The Kier molecular flexibility index (Phi) is 4.42. The number of pyridine rings is 1. The van der Waals surface area contributed by atoms with Gasteiger partial charge in [0.05, 0.1) is 17.1 Å². The third-order valence-corrected chi connectivity index (χ3v) is 4.08. The van der Waals surface area contributed by atoms with Crippen LogP contribution in [0.25, 0.3) is 0 Å². The highest BCUT2D eigenvalue weighted by Crippen LogP contribution is 2.31. The molecule has 0 spiro atoms. The van der Waals surface area contributed by atoms with Crippen molar-refractivity contribution in [1.82, 2.24) is 4.98 Å². The molecule has 0 radical (unpaired) electrons. The Balaban J connectivity index is 2.26. The average Bonchev–Trinajstić information content (AvgIpc) is 2.45. The van der Waals surface area contributed by atoms with E-state index in [4.69, 9.17) is 0 Å². The molecule has 0 bridgehead atoms. The van der Waals surface area contributed by atoms with E-state index in [-0.39, 0.29) is 10.6 Å². The second-order valence-electron chi connectivity index (χ2n) is 5.61. The van der Waals surface area contributed by atoms with Crippen molar-refractivity contribution in [2.24, 2.45) is 5.92 Å². The van der Waals surface area contributed by atoms with Gasteiger partial charge in [0.15, 0.2) is 0 Å². The summed E-state index contributed by atoms with van der Waals surface area (Å²) in [4.78, 5) is 17.2. The molecular weight excluding hydrogens is 256 g/mol. The molecule has 0 aliphatic heterocycles. The Hall–Kier alpha value is -1.85. The van der Waals surface area contributed by atoms with E-state index in [2.05, 4.69) is 22.1 Å². The molecular formula is C14H22N4O2. The highest BCUT2D eigenvalue weighted by atomic mass is 16.6. The van der Waals surface area contributed by atoms with Crippen molar-refractivity contribution in [1.29, 1.82) is 0 Å². The summed E-state index contributed by atoms with van der Waals surface area (Å²) in [6, 6.07) is 3.43. The Labute approximate surface area is 119 Å². The standard InChI is InChI=1S/C14H22N4O2/c1-10-5-4-6-11(7-10)17(3)14-9-12(18(19)20)8-13(15-2)16-14/h8-11H,4-7H2,1-3H3,(H,15,16). The zero-order valence-corrected chi connectivity index (χ0v) is 12.3. The fourth-order valence-electron chi connectivity index (χ4n) is 2.86. The van der Waals surface area contributed by atoms with Crippen molar-refractivity contribution in [3.05, 3.63) is 22.2 Å². The van der Waals surface area contributed by atoms with Gasteiger partial charge in [-0.05, 0) is 18.8 Å². The molecule has 0 saturated heterocycles. The molecule has 0 aromatic carbocycles. The van der Waals surface area contributed by atoms with Crippen LogP contribution in [0, 0.1) is 16.0 Å². The summed E-state index contributed by atoms with van der Waals surface area (Å²) >= 11 is 0. The van der Waals surface area contributed by atoms with Crippen molar-refractivity contribution in [3.8, 4) is 0 Å². The lowest BCUT2D eigenvalue weighted by Crippen LogP contribution is -2.36. The SMILES string of the molecule is CNc1cc([N+](=O)[O-])cc(N(C)C2CCCC(C)C2)n1. The van der Waals surface area contributed by atoms with E-state index < -0.39 is 0 Å². The molecule has 6 nitrogen and oxygen atoms in total. The molecule has 20 heavy (non-hydrogen) atoms. The summed E-state index contributed by atoms with van der Waals surface area (Å²) in [6.45, 7) is 2.26. The Morgan fingerprint density at radius 1 is 1.45 bits per heavy atom.